The molecule has 1 aliphatic carbocycles. The summed E-state index contributed by atoms with van der Waals surface area (Å²) in [6, 6.07) is 6.29. The van der Waals surface area contributed by atoms with Crippen LogP contribution >= 0.6 is 11.6 Å². The molecule has 2 atom stereocenters. The number of nitrogens with zero attached hydrogens (tertiary/aromatic N) is 2. The van der Waals surface area contributed by atoms with E-state index in [9.17, 15) is 0 Å². The van der Waals surface area contributed by atoms with E-state index in [0.29, 0.717) is 17.9 Å². The topological polar surface area (TPSA) is 43.8 Å². The number of imidazole rings is 1. The van der Waals surface area contributed by atoms with Crippen LogP contribution in [-0.2, 0) is 0 Å². The van der Waals surface area contributed by atoms with E-state index in [1.807, 2.05) is 18.2 Å². The van der Waals surface area contributed by atoms with Gasteiger partial charge in [0.15, 0.2) is 0 Å². The van der Waals surface area contributed by atoms with Crippen molar-refractivity contribution < 1.29 is 0 Å². The van der Waals surface area contributed by atoms with E-state index < -0.39 is 0 Å². The molecule has 0 amide bonds. The van der Waals surface area contributed by atoms with Crippen LogP contribution in [0.5, 0.6) is 0 Å². The average Bonchev–Trinajstić information content (AvgIpc) is 2.74. The molecule has 1 aliphatic rings. The average molecular weight is 278 g/mol. The van der Waals surface area contributed by atoms with E-state index in [2.05, 4.69) is 16.5 Å². The van der Waals surface area contributed by atoms with Crippen molar-refractivity contribution in [3.8, 4) is 0 Å². The minimum absolute atomic E-state index is 0.474. The van der Waals surface area contributed by atoms with Gasteiger partial charge >= 0.3 is 0 Å². The molecular weight excluding hydrogens is 258 g/mol. The fourth-order valence-corrected chi connectivity index (χ4v) is 3.60. The number of halogens is 1. The molecule has 2 aromatic rings. The predicted octanol–water partition coefficient (Wildman–Crippen LogP) is 4.41. The Morgan fingerprint density at radius 3 is 2.95 bits per heavy atom. The van der Waals surface area contributed by atoms with Gasteiger partial charge in [-0.2, -0.15) is 0 Å². The maximum absolute atomic E-state index is 6.16. The lowest BCUT2D eigenvalue weighted by Gasteiger charge is -2.32. The van der Waals surface area contributed by atoms with Crippen molar-refractivity contribution in [1.82, 2.24) is 9.55 Å². The van der Waals surface area contributed by atoms with E-state index in [1.54, 1.807) is 0 Å². The first kappa shape index (κ1) is 12.8. The maximum Gasteiger partial charge on any atom is 0.201 e. The van der Waals surface area contributed by atoms with Crippen molar-refractivity contribution in [3.63, 3.8) is 0 Å². The molecule has 0 spiro atoms. The Balaban J connectivity index is 2.12. The molecule has 102 valence electrons. The first-order valence-corrected chi connectivity index (χ1v) is 7.51. The smallest absolute Gasteiger partial charge is 0.201 e. The first-order chi connectivity index (χ1) is 9.20. The summed E-state index contributed by atoms with van der Waals surface area (Å²) in [4.78, 5) is 4.48. The number of rotatable bonds is 2. The molecule has 1 heterocycles. The van der Waals surface area contributed by atoms with Crippen molar-refractivity contribution in [2.75, 3.05) is 5.73 Å². The summed E-state index contributed by atoms with van der Waals surface area (Å²) < 4.78 is 2.22. The molecule has 0 saturated heterocycles. The summed E-state index contributed by atoms with van der Waals surface area (Å²) in [6.45, 7) is 2.27. The minimum atomic E-state index is 0.474. The quantitative estimate of drug-likeness (QED) is 0.883. The molecule has 3 rings (SSSR count). The van der Waals surface area contributed by atoms with Gasteiger partial charge in [-0.05, 0) is 37.0 Å². The summed E-state index contributed by atoms with van der Waals surface area (Å²) >= 11 is 6.13. The fraction of sp³-hybridized carbons (Fsp3) is 0.533. The molecule has 2 N–H and O–H groups in total. The van der Waals surface area contributed by atoms with Crippen LogP contribution in [0.1, 0.15) is 45.1 Å². The number of nitrogens with two attached hydrogens (primary N) is 1. The number of aromatic nitrogens is 2. The lowest BCUT2D eigenvalue weighted by Crippen LogP contribution is -2.23. The molecule has 1 saturated carbocycles. The number of benzene rings is 1. The van der Waals surface area contributed by atoms with E-state index in [4.69, 9.17) is 17.3 Å². The maximum atomic E-state index is 6.16. The van der Waals surface area contributed by atoms with E-state index in [0.717, 1.165) is 16.1 Å². The molecule has 1 aromatic heterocycles. The molecule has 1 aromatic carbocycles. The molecular formula is C15H20ClN3. The highest BCUT2D eigenvalue weighted by Gasteiger charge is 2.27. The van der Waals surface area contributed by atoms with Crippen molar-refractivity contribution >= 4 is 28.6 Å². The van der Waals surface area contributed by atoms with Crippen molar-refractivity contribution in [1.29, 1.82) is 0 Å². The second-order valence-electron chi connectivity index (χ2n) is 5.49. The van der Waals surface area contributed by atoms with Gasteiger partial charge in [0, 0.05) is 11.1 Å². The second kappa shape index (κ2) is 5.04. The molecule has 3 nitrogen and oxygen atoms in total. The van der Waals surface area contributed by atoms with Gasteiger partial charge in [-0.25, -0.2) is 4.98 Å². The van der Waals surface area contributed by atoms with Gasteiger partial charge in [0.25, 0.3) is 0 Å². The highest BCUT2D eigenvalue weighted by Crippen LogP contribution is 2.39. The van der Waals surface area contributed by atoms with Crippen molar-refractivity contribution in [2.24, 2.45) is 5.92 Å². The van der Waals surface area contributed by atoms with Gasteiger partial charge in [-0.15, -0.1) is 0 Å². The molecule has 1 fully saturated rings. The molecule has 4 heteroatoms. The van der Waals surface area contributed by atoms with Crippen LogP contribution in [-0.4, -0.2) is 9.55 Å². The third kappa shape index (κ3) is 2.20. The van der Waals surface area contributed by atoms with Gasteiger partial charge in [0.2, 0.25) is 5.95 Å². The number of fused-ring (bicyclic) bond motifs is 1. The van der Waals surface area contributed by atoms with Gasteiger partial charge in [0.05, 0.1) is 11.0 Å². The Labute approximate surface area is 118 Å². The van der Waals surface area contributed by atoms with Crippen LogP contribution in [0.3, 0.4) is 0 Å². The van der Waals surface area contributed by atoms with E-state index in [1.165, 1.54) is 32.1 Å². The molecule has 0 bridgehead atoms. The van der Waals surface area contributed by atoms with Crippen molar-refractivity contribution in [2.45, 2.75) is 45.1 Å². The van der Waals surface area contributed by atoms with Crippen LogP contribution in [0, 0.1) is 5.92 Å². The van der Waals surface area contributed by atoms with E-state index in [-0.39, 0.29) is 0 Å². The van der Waals surface area contributed by atoms with Crippen LogP contribution in [0.4, 0.5) is 5.95 Å². The molecule has 19 heavy (non-hydrogen) atoms. The van der Waals surface area contributed by atoms with Gasteiger partial charge in [-0.3, -0.25) is 0 Å². The lowest BCUT2D eigenvalue weighted by molar-refractivity contribution is 0.239. The van der Waals surface area contributed by atoms with Gasteiger partial charge in [-0.1, -0.05) is 37.8 Å². The highest BCUT2D eigenvalue weighted by atomic mass is 35.5. The van der Waals surface area contributed by atoms with Crippen molar-refractivity contribution in [3.05, 3.63) is 23.2 Å². The second-order valence-corrected chi connectivity index (χ2v) is 5.93. The number of hydrogen-bond acceptors (Lipinski definition) is 2. The monoisotopic (exact) mass is 277 g/mol. The van der Waals surface area contributed by atoms with Crippen LogP contribution in [0.25, 0.3) is 11.0 Å². The zero-order valence-corrected chi connectivity index (χ0v) is 12.0. The third-order valence-corrected chi connectivity index (χ3v) is 4.64. The summed E-state index contributed by atoms with van der Waals surface area (Å²) in [5, 5.41) is 0.748. The Bertz CT molecular complexity index is 590. The molecule has 0 radical (unpaired) electrons. The minimum Gasteiger partial charge on any atom is -0.369 e. The Morgan fingerprint density at radius 2 is 2.16 bits per heavy atom. The Kier molecular flexibility index (Phi) is 3.40. The fourth-order valence-electron chi connectivity index (χ4n) is 3.44. The molecule has 2 unspecified atom stereocenters. The van der Waals surface area contributed by atoms with Gasteiger partial charge < -0.3 is 10.3 Å². The standard InChI is InChI=1S/C15H20ClN3/c1-2-10-5-3-4-6-13(10)19-14-9-11(16)7-8-12(14)18-15(19)17/h7-10,13H,2-6H2,1H3,(H2,17,18). The van der Waals surface area contributed by atoms with Gasteiger partial charge in [0.1, 0.15) is 0 Å². The van der Waals surface area contributed by atoms with E-state index >= 15 is 0 Å². The Hall–Kier alpha value is -1.22. The van der Waals surface area contributed by atoms with Crippen LogP contribution < -0.4 is 5.73 Å². The number of anilines is 1. The Morgan fingerprint density at radius 1 is 1.37 bits per heavy atom. The third-order valence-electron chi connectivity index (χ3n) is 4.40. The first-order valence-electron chi connectivity index (χ1n) is 7.13. The summed E-state index contributed by atoms with van der Waals surface area (Å²) in [5.74, 6) is 1.33. The summed E-state index contributed by atoms with van der Waals surface area (Å²) in [5.41, 5.74) is 8.19. The highest BCUT2D eigenvalue weighted by molar-refractivity contribution is 6.31. The zero-order chi connectivity index (χ0) is 13.4. The van der Waals surface area contributed by atoms with Crippen LogP contribution in [0.2, 0.25) is 5.02 Å². The number of hydrogen-bond donors (Lipinski definition) is 1. The molecule has 0 aliphatic heterocycles. The lowest BCUT2D eigenvalue weighted by atomic mass is 9.82. The zero-order valence-electron chi connectivity index (χ0n) is 11.3. The summed E-state index contributed by atoms with van der Waals surface area (Å²) in [6.07, 6.45) is 6.30. The SMILES string of the molecule is CCC1CCCCC1n1c(N)nc2ccc(Cl)cc21. The van der Waals surface area contributed by atoms with Crippen LogP contribution in [0.15, 0.2) is 18.2 Å². The largest absolute Gasteiger partial charge is 0.369 e. The number of nitrogen functional groups attached to an aromatic ring is 1. The normalized spacial score (nSPS) is 23.9. The predicted molar refractivity (Wildman–Crippen MR) is 80.4 cm³/mol. The summed E-state index contributed by atoms with van der Waals surface area (Å²) in [7, 11) is 0.